The molecule has 2 aliphatic carbocycles. The molecule has 0 aliphatic heterocycles. The average Bonchev–Trinajstić information content (AvgIpc) is 3.72. The molecule has 2 nitrogen and oxygen atoms in total. The molecule has 12 rings (SSSR count). The van der Waals surface area contributed by atoms with Crippen molar-refractivity contribution in [3.63, 3.8) is 0 Å². The lowest BCUT2D eigenvalue weighted by Crippen LogP contribution is -2.27. The zero-order valence-electron chi connectivity index (χ0n) is 35.6. The van der Waals surface area contributed by atoms with E-state index in [0.717, 1.165) is 29.9 Å². The van der Waals surface area contributed by atoms with E-state index in [0.29, 0.717) is 5.92 Å². The minimum atomic E-state index is 0.286. The summed E-state index contributed by atoms with van der Waals surface area (Å²) in [6, 6.07) is 76.1. The van der Waals surface area contributed by atoms with Crippen LogP contribution in [0, 0.1) is 0 Å². The SMILES string of the molecule is C1=CCC(c2ccc(-c3cccc(N(c4ccc(-c5cccc6ccccc56)cc4)c4ccc(C5C=c6ccccc6=CC5)cc4)c3)c3c4ccccc4n(-c4ccccc4)c23)C=C1. The van der Waals surface area contributed by atoms with Gasteiger partial charge in [-0.1, -0.05) is 188 Å². The summed E-state index contributed by atoms with van der Waals surface area (Å²) < 4.78 is 2.49. The van der Waals surface area contributed by atoms with Crippen LogP contribution in [0.3, 0.4) is 0 Å². The summed E-state index contributed by atoms with van der Waals surface area (Å²) in [7, 11) is 0. The van der Waals surface area contributed by atoms with Crippen molar-refractivity contribution in [1.82, 2.24) is 4.57 Å². The summed E-state index contributed by atoms with van der Waals surface area (Å²) in [5.41, 5.74) is 14.5. The van der Waals surface area contributed by atoms with Gasteiger partial charge in [0.05, 0.1) is 11.0 Å². The first-order valence-electron chi connectivity index (χ1n) is 22.6. The maximum Gasteiger partial charge on any atom is 0.0585 e. The number of hydrogen-bond donors (Lipinski definition) is 0. The molecule has 0 spiro atoms. The van der Waals surface area contributed by atoms with Crippen molar-refractivity contribution in [2.75, 3.05) is 4.90 Å². The quantitative estimate of drug-likeness (QED) is 0.148. The maximum atomic E-state index is 2.49. The van der Waals surface area contributed by atoms with Gasteiger partial charge < -0.3 is 9.47 Å². The molecule has 10 aromatic rings. The lowest BCUT2D eigenvalue weighted by molar-refractivity contribution is 0.856. The topological polar surface area (TPSA) is 8.17 Å². The summed E-state index contributed by atoms with van der Waals surface area (Å²) in [4.78, 5) is 2.42. The van der Waals surface area contributed by atoms with Gasteiger partial charge in [-0.3, -0.25) is 0 Å². The zero-order valence-corrected chi connectivity index (χ0v) is 35.6. The Balaban J connectivity index is 1.01. The predicted molar refractivity (Wildman–Crippen MR) is 271 cm³/mol. The molecule has 1 aromatic heterocycles. The third kappa shape index (κ3) is 6.67. The fourth-order valence-electron chi connectivity index (χ4n) is 10.3. The number of nitrogens with zero attached hydrogens (tertiary/aromatic N) is 2. The fourth-order valence-corrected chi connectivity index (χ4v) is 10.3. The lowest BCUT2D eigenvalue weighted by Gasteiger charge is -2.27. The van der Waals surface area contributed by atoms with Gasteiger partial charge in [0, 0.05) is 45.4 Å². The average molecular weight is 819 g/mol. The fraction of sp³-hybridized carbons (Fsp3) is 0.0645. The minimum absolute atomic E-state index is 0.286. The zero-order chi connectivity index (χ0) is 42.4. The number of para-hydroxylation sites is 2. The second-order valence-corrected chi connectivity index (χ2v) is 17.2. The Hall–Kier alpha value is -7.94. The molecule has 9 aromatic carbocycles. The molecule has 2 atom stereocenters. The van der Waals surface area contributed by atoms with E-state index in [9.17, 15) is 0 Å². The molecule has 1 heterocycles. The summed E-state index contributed by atoms with van der Waals surface area (Å²) >= 11 is 0. The Morgan fingerprint density at radius 2 is 1.19 bits per heavy atom. The number of fused-ring (bicyclic) bond motifs is 5. The Bertz CT molecular complexity index is 3550. The Morgan fingerprint density at radius 3 is 2.02 bits per heavy atom. The van der Waals surface area contributed by atoms with Crippen molar-refractivity contribution in [1.29, 1.82) is 0 Å². The highest BCUT2D eigenvalue weighted by atomic mass is 15.1. The van der Waals surface area contributed by atoms with E-state index in [-0.39, 0.29) is 5.92 Å². The number of rotatable bonds is 8. The van der Waals surface area contributed by atoms with Gasteiger partial charge in [-0.05, 0) is 122 Å². The normalized spacial score (nSPS) is 15.5. The van der Waals surface area contributed by atoms with Crippen molar-refractivity contribution in [2.45, 2.75) is 24.7 Å². The molecule has 2 aliphatic rings. The molecular weight excluding hydrogens is 773 g/mol. The predicted octanol–water partition coefficient (Wildman–Crippen LogP) is 15.1. The van der Waals surface area contributed by atoms with Crippen molar-refractivity contribution in [2.24, 2.45) is 0 Å². The third-order valence-electron chi connectivity index (χ3n) is 13.4. The summed E-state index contributed by atoms with van der Waals surface area (Å²) in [6.07, 6.45) is 15.8. The van der Waals surface area contributed by atoms with Crippen molar-refractivity contribution >= 4 is 61.8 Å². The van der Waals surface area contributed by atoms with Crippen molar-refractivity contribution in [3.05, 3.63) is 252 Å². The van der Waals surface area contributed by atoms with Gasteiger partial charge in [-0.2, -0.15) is 0 Å². The highest BCUT2D eigenvalue weighted by molar-refractivity contribution is 6.17. The number of allylic oxidation sites excluding steroid dienone is 4. The number of benzene rings is 9. The molecule has 2 unspecified atom stereocenters. The van der Waals surface area contributed by atoms with E-state index in [1.54, 1.807) is 0 Å². The number of aromatic nitrogens is 1. The molecule has 64 heavy (non-hydrogen) atoms. The molecule has 0 saturated heterocycles. The maximum absolute atomic E-state index is 2.49. The highest BCUT2D eigenvalue weighted by Crippen LogP contribution is 2.45. The van der Waals surface area contributed by atoms with Crippen LogP contribution in [-0.2, 0) is 0 Å². The molecule has 304 valence electrons. The standard InChI is InChI=1S/C62H46N2/c1-3-16-46(17-4-1)58-40-39-57(61-59-26-11-12-28-60(59)64(62(58)61)51-22-5-2-6-23-51)50-21-13-24-54(42-50)63(52-35-31-44(32-36-52)49-30-29-43-15-7-8-19-48(43)41-49)53-37-33-47(34-38-53)56-27-14-20-45-18-9-10-25-55(45)56/h1-16,18-29,31-42,46,49H,17,30H2. The van der Waals surface area contributed by atoms with Crippen LogP contribution in [0.15, 0.2) is 231 Å². The second kappa shape index (κ2) is 16.1. The molecule has 0 amide bonds. The van der Waals surface area contributed by atoms with Gasteiger partial charge in [0.2, 0.25) is 0 Å². The van der Waals surface area contributed by atoms with E-state index < -0.39 is 0 Å². The van der Waals surface area contributed by atoms with Gasteiger partial charge in [-0.25, -0.2) is 0 Å². The lowest BCUT2D eigenvalue weighted by atomic mass is 9.88. The summed E-state index contributed by atoms with van der Waals surface area (Å²) in [6.45, 7) is 0. The van der Waals surface area contributed by atoms with E-state index >= 15 is 0 Å². The van der Waals surface area contributed by atoms with Crippen LogP contribution in [0.5, 0.6) is 0 Å². The second-order valence-electron chi connectivity index (χ2n) is 17.2. The highest BCUT2D eigenvalue weighted by Gasteiger charge is 2.24. The number of hydrogen-bond acceptors (Lipinski definition) is 1. The van der Waals surface area contributed by atoms with Crippen molar-refractivity contribution < 1.29 is 0 Å². The summed E-state index contributed by atoms with van der Waals surface area (Å²) in [5, 5.41) is 7.70. The van der Waals surface area contributed by atoms with Crippen LogP contribution in [0.1, 0.15) is 35.8 Å². The molecular formula is C62H46N2. The first-order chi connectivity index (χ1) is 31.7. The van der Waals surface area contributed by atoms with Crippen LogP contribution in [0.2, 0.25) is 0 Å². The largest absolute Gasteiger partial charge is 0.310 e. The first-order valence-corrected chi connectivity index (χ1v) is 22.6. The molecule has 0 bridgehead atoms. The molecule has 0 saturated carbocycles. The Kier molecular flexibility index (Phi) is 9.49. The van der Waals surface area contributed by atoms with Gasteiger partial charge in [0.25, 0.3) is 0 Å². The van der Waals surface area contributed by atoms with Crippen LogP contribution >= 0.6 is 0 Å². The van der Waals surface area contributed by atoms with E-state index in [1.165, 1.54) is 82.1 Å². The van der Waals surface area contributed by atoms with Gasteiger partial charge in [-0.15, -0.1) is 0 Å². The van der Waals surface area contributed by atoms with E-state index in [4.69, 9.17) is 0 Å². The van der Waals surface area contributed by atoms with Crippen LogP contribution in [0.4, 0.5) is 17.1 Å². The smallest absolute Gasteiger partial charge is 0.0585 e. The third-order valence-corrected chi connectivity index (χ3v) is 13.4. The van der Waals surface area contributed by atoms with Gasteiger partial charge in [0.1, 0.15) is 0 Å². The van der Waals surface area contributed by atoms with Crippen LogP contribution < -0.4 is 15.3 Å². The molecule has 0 N–H and O–H groups in total. The molecule has 0 radical (unpaired) electrons. The van der Waals surface area contributed by atoms with Crippen LogP contribution in [-0.4, -0.2) is 4.57 Å². The minimum Gasteiger partial charge on any atom is -0.310 e. The number of anilines is 3. The van der Waals surface area contributed by atoms with Crippen molar-refractivity contribution in [3.8, 4) is 27.9 Å². The monoisotopic (exact) mass is 818 g/mol. The van der Waals surface area contributed by atoms with Gasteiger partial charge >= 0.3 is 0 Å². The Labute approximate surface area is 374 Å². The molecule has 0 fully saturated rings. The van der Waals surface area contributed by atoms with E-state index in [2.05, 4.69) is 252 Å². The Morgan fingerprint density at radius 1 is 0.469 bits per heavy atom. The summed E-state index contributed by atoms with van der Waals surface area (Å²) in [5.74, 6) is 0.623. The first kappa shape index (κ1) is 37.8. The van der Waals surface area contributed by atoms with Gasteiger partial charge in [0.15, 0.2) is 0 Å². The van der Waals surface area contributed by atoms with Crippen LogP contribution in [0.25, 0.3) is 72.7 Å². The van der Waals surface area contributed by atoms with E-state index in [1.807, 2.05) is 0 Å². The molecule has 2 heteroatoms.